The molecule has 254 valence electrons. The van der Waals surface area contributed by atoms with Gasteiger partial charge in [-0.15, -0.1) is 56.7 Å². The molecular weight excluding hydrogens is 745 g/mol. The zero-order valence-corrected chi connectivity index (χ0v) is 30.2. The maximum Gasteiger partial charge on any atom is 0.335 e. The molecule has 0 saturated heterocycles. The van der Waals surface area contributed by atoms with Crippen LogP contribution in [-0.4, -0.2) is 44.3 Å². The lowest BCUT2D eigenvalue weighted by Crippen LogP contribution is -1.99. The van der Waals surface area contributed by atoms with Crippen LogP contribution in [0.5, 0.6) is 0 Å². The second-order valence-corrected chi connectivity index (χ2v) is 16.7. The quantitative estimate of drug-likeness (QED) is 0.0960. The molecule has 0 unspecified atom stereocenters. The van der Waals surface area contributed by atoms with E-state index in [0.29, 0.717) is 11.1 Å². The average Bonchev–Trinajstić information content (AvgIpc) is 3.94. The topological polar surface area (TPSA) is 149 Å². The third-order valence-corrected chi connectivity index (χ3v) is 14.3. The normalized spacial score (nSPS) is 11.1. The minimum atomic E-state index is -0.991. The Bertz CT molecular complexity index is 2270. The molecule has 0 radical (unpaired) electrons. The van der Waals surface area contributed by atoms with Gasteiger partial charge in [0.05, 0.1) is 24.0 Å². The van der Waals surface area contributed by atoms with Crippen LogP contribution in [0, 0.1) is 0 Å². The predicted molar refractivity (Wildman–Crippen MR) is 205 cm³/mol. The van der Waals surface area contributed by atoms with Crippen LogP contribution in [0.2, 0.25) is 0 Å². The summed E-state index contributed by atoms with van der Waals surface area (Å²) < 4.78 is 0. The van der Waals surface area contributed by atoms with Crippen molar-refractivity contribution in [2.75, 3.05) is 0 Å². The second-order valence-electron chi connectivity index (χ2n) is 11.3. The summed E-state index contributed by atoms with van der Waals surface area (Å²) in [7, 11) is 0. The molecule has 0 amide bonds. The van der Waals surface area contributed by atoms with Crippen molar-refractivity contribution < 1.29 is 39.6 Å². The molecule has 0 spiro atoms. The third kappa shape index (κ3) is 7.34. The van der Waals surface area contributed by atoms with Crippen LogP contribution in [0.4, 0.5) is 0 Å². The van der Waals surface area contributed by atoms with E-state index in [9.17, 15) is 39.6 Å². The van der Waals surface area contributed by atoms with Crippen LogP contribution in [0.25, 0.3) is 59.9 Å². The summed E-state index contributed by atoms with van der Waals surface area (Å²) in [5.74, 6) is -3.84. The smallest absolute Gasteiger partial charge is 0.335 e. The molecule has 8 nitrogen and oxygen atoms in total. The SMILES string of the molecule is O=C(O)Cc1cc(-c2ccc(-c3cc(CC(=O)O)c(-c4ccc(-c5ccc(C(=O)O)cc5)s4)s3)s2)sc1-c1ccc(-c2ccc(C(=O)O)cc2)s1. The minimum Gasteiger partial charge on any atom is -0.481 e. The standard InChI is InChI=1S/C38H24O8S5/c39-33(40)17-23-15-31(50-35(23)29-13-9-25(47-29)19-1-5-21(6-2-19)37(43)44)27-11-12-28(49-27)32-16-24(18-34(41)42)36(51-32)30-14-10-26(48-30)20-3-7-22(8-4-20)38(45)46/h1-16H,17-18H2,(H,39,40)(H,41,42)(H,43,44)(H,45,46). The van der Waals surface area contributed by atoms with Crippen molar-refractivity contribution in [3.05, 3.63) is 119 Å². The summed E-state index contributed by atoms with van der Waals surface area (Å²) in [6.45, 7) is 0. The second kappa shape index (κ2) is 14.2. The minimum absolute atomic E-state index is 0.135. The van der Waals surface area contributed by atoms with Crippen molar-refractivity contribution in [3.8, 4) is 59.9 Å². The maximum absolute atomic E-state index is 11.9. The van der Waals surface area contributed by atoms with E-state index in [1.165, 1.54) is 45.3 Å². The van der Waals surface area contributed by atoms with E-state index in [1.807, 2.05) is 48.5 Å². The molecule has 7 rings (SSSR count). The van der Waals surface area contributed by atoms with Crippen LogP contribution in [0.3, 0.4) is 0 Å². The number of carboxylic acid groups (broad SMARTS) is 4. The lowest BCUT2D eigenvalue weighted by molar-refractivity contribution is -0.137. The van der Waals surface area contributed by atoms with Crippen LogP contribution in [-0.2, 0) is 22.4 Å². The molecule has 5 heterocycles. The fourth-order valence-electron chi connectivity index (χ4n) is 5.49. The van der Waals surface area contributed by atoms with Gasteiger partial charge in [0.15, 0.2) is 0 Å². The van der Waals surface area contributed by atoms with Gasteiger partial charge in [0.25, 0.3) is 0 Å². The molecule has 13 heteroatoms. The van der Waals surface area contributed by atoms with Gasteiger partial charge in [0, 0.05) is 48.8 Å². The van der Waals surface area contributed by atoms with Gasteiger partial charge in [-0.2, -0.15) is 0 Å². The van der Waals surface area contributed by atoms with E-state index in [1.54, 1.807) is 59.9 Å². The number of hydrogen-bond donors (Lipinski definition) is 4. The van der Waals surface area contributed by atoms with E-state index >= 15 is 0 Å². The first-order valence-corrected chi connectivity index (χ1v) is 19.3. The molecule has 2 aromatic carbocycles. The molecule has 4 N–H and O–H groups in total. The molecule has 51 heavy (non-hydrogen) atoms. The Balaban J connectivity index is 1.19. The van der Waals surface area contributed by atoms with Crippen molar-refractivity contribution in [2.45, 2.75) is 12.8 Å². The molecule has 0 aliphatic heterocycles. The van der Waals surface area contributed by atoms with Crippen LogP contribution in [0.15, 0.2) is 97.1 Å². The van der Waals surface area contributed by atoms with Gasteiger partial charge < -0.3 is 20.4 Å². The molecule has 7 aromatic rings. The van der Waals surface area contributed by atoms with Crippen LogP contribution in [0.1, 0.15) is 31.8 Å². The van der Waals surface area contributed by atoms with Crippen molar-refractivity contribution in [1.82, 2.24) is 0 Å². The van der Waals surface area contributed by atoms with E-state index < -0.39 is 23.9 Å². The fourth-order valence-corrected chi connectivity index (χ4v) is 11.3. The third-order valence-electron chi connectivity index (χ3n) is 7.89. The summed E-state index contributed by atoms with van der Waals surface area (Å²) in [5.41, 5.74) is 3.58. The number of aliphatic carboxylic acids is 2. The first kappa shape index (κ1) is 34.3. The highest BCUT2D eigenvalue weighted by atomic mass is 32.1. The summed E-state index contributed by atoms with van der Waals surface area (Å²) in [4.78, 5) is 55.5. The predicted octanol–water partition coefficient (Wildman–Crippen LogP) is 10.6. The molecule has 0 saturated carbocycles. The monoisotopic (exact) mass is 768 g/mol. The summed E-state index contributed by atoms with van der Waals surface area (Å²) in [6.07, 6.45) is -0.270. The highest BCUT2D eigenvalue weighted by Gasteiger charge is 2.21. The highest BCUT2D eigenvalue weighted by molar-refractivity contribution is 7.30. The first-order chi connectivity index (χ1) is 24.5. The van der Waals surface area contributed by atoms with Crippen molar-refractivity contribution in [3.63, 3.8) is 0 Å². The lowest BCUT2D eigenvalue weighted by atomic mass is 10.1. The van der Waals surface area contributed by atoms with Crippen molar-refractivity contribution in [2.24, 2.45) is 0 Å². The fraction of sp³-hybridized carbons (Fsp3) is 0.0526. The van der Waals surface area contributed by atoms with Crippen molar-refractivity contribution in [1.29, 1.82) is 0 Å². The highest BCUT2D eigenvalue weighted by Crippen LogP contribution is 2.48. The average molecular weight is 769 g/mol. The number of hydrogen-bond acceptors (Lipinski definition) is 9. The van der Waals surface area contributed by atoms with Gasteiger partial charge >= 0.3 is 23.9 Å². The number of rotatable bonds is 12. The number of benzene rings is 2. The van der Waals surface area contributed by atoms with Gasteiger partial charge in [0.1, 0.15) is 0 Å². The Kier molecular flexibility index (Phi) is 9.55. The van der Waals surface area contributed by atoms with E-state index in [0.717, 1.165) is 59.9 Å². The Morgan fingerprint density at radius 2 is 0.725 bits per heavy atom. The van der Waals surface area contributed by atoms with E-state index in [-0.39, 0.29) is 24.0 Å². The number of aromatic carboxylic acids is 2. The molecule has 0 atom stereocenters. The molecular formula is C38H24O8S5. The van der Waals surface area contributed by atoms with Crippen LogP contribution >= 0.6 is 56.7 Å². The number of thiophene rings is 5. The van der Waals surface area contributed by atoms with Gasteiger partial charge in [-0.3, -0.25) is 9.59 Å². The Morgan fingerprint density at radius 3 is 1.08 bits per heavy atom. The maximum atomic E-state index is 11.9. The zero-order chi connectivity index (χ0) is 35.8. The molecule has 0 aliphatic carbocycles. The van der Waals surface area contributed by atoms with Crippen LogP contribution < -0.4 is 0 Å². The lowest BCUT2D eigenvalue weighted by Gasteiger charge is -2.00. The van der Waals surface area contributed by atoms with Gasteiger partial charge in [-0.1, -0.05) is 24.3 Å². The molecule has 0 bridgehead atoms. The van der Waals surface area contributed by atoms with Gasteiger partial charge in [-0.05, 0) is 95.1 Å². The van der Waals surface area contributed by atoms with Crippen molar-refractivity contribution >= 4 is 80.6 Å². The summed E-state index contributed by atoms with van der Waals surface area (Å²) in [6, 6.07) is 29.0. The zero-order valence-electron chi connectivity index (χ0n) is 26.1. The largest absolute Gasteiger partial charge is 0.481 e. The summed E-state index contributed by atoms with van der Waals surface area (Å²) in [5, 5.41) is 37.9. The first-order valence-electron chi connectivity index (χ1n) is 15.2. The molecule has 0 aliphatic rings. The summed E-state index contributed by atoms with van der Waals surface area (Å²) >= 11 is 7.64. The Hall–Kier alpha value is -5.18. The Morgan fingerprint density at radius 1 is 0.392 bits per heavy atom. The molecule has 5 aromatic heterocycles. The van der Waals surface area contributed by atoms with Gasteiger partial charge in [-0.25, -0.2) is 9.59 Å². The van der Waals surface area contributed by atoms with Gasteiger partial charge in [0.2, 0.25) is 0 Å². The number of carboxylic acids is 4. The van der Waals surface area contributed by atoms with E-state index in [4.69, 9.17) is 0 Å². The molecule has 0 fully saturated rings. The van der Waals surface area contributed by atoms with E-state index in [2.05, 4.69) is 0 Å². The number of carbonyl (C=O) groups is 4. The Labute approximate surface area is 310 Å².